The quantitative estimate of drug-likeness (QED) is 0.146. The van der Waals surface area contributed by atoms with Crippen LogP contribution in [0, 0.1) is 83.4 Å². The van der Waals surface area contributed by atoms with Gasteiger partial charge in [0.05, 0.1) is 54.2 Å². The van der Waals surface area contributed by atoms with Gasteiger partial charge >= 0.3 is 6.09 Å². The lowest BCUT2D eigenvalue weighted by atomic mass is 10.1. The predicted molar refractivity (Wildman–Crippen MR) is 304 cm³/mol. The third-order valence-electron chi connectivity index (χ3n) is 11.5. The number of pyridine rings is 2. The number of nitrogens with one attached hydrogen (secondary N) is 2. The number of nitrogens with zero attached hydrogens (tertiary/aromatic N) is 8. The first-order chi connectivity index (χ1) is 37.5. The van der Waals surface area contributed by atoms with Crippen molar-refractivity contribution in [2.45, 2.75) is 84.7 Å². The Balaban J connectivity index is 0.000000200. The number of H-pyrrole nitrogens is 1. The molecule has 2 N–H and O–H groups in total. The Morgan fingerprint density at radius 2 is 1.22 bits per heavy atom. The molecule has 7 heterocycles. The van der Waals surface area contributed by atoms with Gasteiger partial charge in [0.2, 0.25) is 11.9 Å². The maximum absolute atomic E-state index is 12.5. The summed E-state index contributed by atoms with van der Waals surface area (Å²) in [6.45, 7) is 16.2. The molecule has 2 unspecified atom stereocenters. The Morgan fingerprint density at radius 3 is 1.79 bits per heavy atom. The van der Waals surface area contributed by atoms with E-state index in [9.17, 15) is 9.59 Å². The zero-order valence-electron chi connectivity index (χ0n) is 44.4. The van der Waals surface area contributed by atoms with Crippen molar-refractivity contribution in [1.82, 2.24) is 34.8 Å². The van der Waals surface area contributed by atoms with Crippen molar-refractivity contribution < 1.29 is 19.0 Å². The Morgan fingerprint density at radius 1 is 0.688 bits per heavy atom. The monoisotopic (exact) mass is 1030 g/mol. The molecule has 0 spiro atoms. The zero-order valence-corrected chi connectivity index (χ0v) is 44.4. The second kappa shape index (κ2) is 30.2. The number of carbonyl (C=O) groups is 1. The summed E-state index contributed by atoms with van der Waals surface area (Å²) in [5.41, 5.74) is 3.26. The SMILES string of the molecule is C#CC#CC#CC#CC.CC#CC#CC#CC.CC(C)(C)OC(=O)N1CC[C@@H](Nc2nc(N3CCOC(Cc4ccccc4)C3)nc3cnccc23)C1.O=c1[nH]c(N2CCOC(Cc3ccccc3)C2)nc2cnccc12. The van der Waals surface area contributed by atoms with Crippen molar-refractivity contribution in [2.24, 2.45) is 0 Å². The molecule has 3 aliphatic rings. The van der Waals surface area contributed by atoms with E-state index < -0.39 is 5.60 Å². The van der Waals surface area contributed by atoms with E-state index in [1.165, 1.54) is 11.1 Å². The number of benzene rings is 2. The Hall–Kier alpha value is -9.27. The summed E-state index contributed by atoms with van der Waals surface area (Å²) >= 11 is 0. The van der Waals surface area contributed by atoms with Crippen LogP contribution in [-0.2, 0) is 27.1 Å². The molecule has 15 nitrogen and oxygen atoms in total. The Labute approximate surface area is 452 Å². The number of hydrogen-bond donors (Lipinski definition) is 2. The molecule has 4 aromatic heterocycles. The van der Waals surface area contributed by atoms with Gasteiger partial charge in [-0.25, -0.2) is 14.8 Å². The molecule has 77 heavy (non-hydrogen) atoms. The van der Waals surface area contributed by atoms with E-state index >= 15 is 0 Å². The molecule has 0 radical (unpaired) electrons. The lowest BCUT2D eigenvalue weighted by molar-refractivity contribution is 0.0293. The first-order valence-electron chi connectivity index (χ1n) is 25.2. The van der Waals surface area contributed by atoms with Crippen LogP contribution in [0.2, 0.25) is 0 Å². The summed E-state index contributed by atoms with van der Waals surface area (Å²) in [5.74, 6) is 34.5. The van der Waals surface area contributed by atoms with E-state index in [0.717, 1.165) is 49.1 Å². The van der Waals surface area contributed by atoms with Gasteiger partial charge < -0.3 is 34.2 Å². The van der Waals surface area contributed by atoms with Crippen LogP contribution < -0.4 is 20.7 Å². The third kappa shape index (κ3) is 18.9. The summed E-state index contributed by atoms with van der Waals surface area (Å²) in [5, 5.41) is 5.05. The smallest absolute Gasteiger partial charge is 0.410 e. The summed E-state index contributed by atoms with van der Waals surface area (Å²) in [7, 11) is 0. The average Bonchev–Trinajstić information content (AvgIpc) is 3.92. The van der Waals surface area contributed by atoms with E-state index in [2.05, 4.69) is 148 Å². The van der Waals surface area contributed by atoms with Gasteiger partial charge in [-0.3, -0.25) is 19.7 Å². The molecule has 3 fully saturated rings. The van der Waals surface area contributed by atoms with Crippen LogP contribution in [0.15, 0.2) is 102 Å². The molecule has 0 bridgehead atoms. The standard InChI is InChI=1S/C27H34N6O3.C18H18N4O2.C9H4.C8H6/c1-27(2,3)36-26(34)33-12-10-20(17-33)29-24-22-9-11-28-16-23(22)30-25(31-24)32-13-14-35-21(18-32)15-19-7-5-4-6-8-19;23-17-15-6-7-19-11-16(15)20-18(21-17)22-8-9-24-14(12-22)10-13-4-2-1-3-5-13;1-3-5-7-9-8-6-4-2;1-3-5-7-8-6-4-2/h4-9,11,16,20-21H,10,12-15,17-18H2,1-3H3,(H,29,30,31);1-7,11,14H,8-10,12H2,(H,20,21,23);1H,2H3;1-2H3/t20-,21?;;;/m1.../s1. The number of hydrogen-bond acceptors (Lipinski definition) is 13. The van der Waals surface area contributed by atoms with Gasteiger partial charge in [-0.1, -0.05) is 78.4 Å². The van der Waals surface area contributed by atoms with Gasteiger partial charge in [-0.15, -0.1) is 6.42 Å². The van der Waals surface area contributed by atoms with Crippen molar-refractivity contribution in [3.8, 4) is 83.4 Å². The number of aromatic nitrogens is 6. The van der Waals surface area contributed by atoms with Gasteiger partial charge in [0.15, 0.2) is 0 Å². The minimum Gasteiger partial charge on any atom is -0.444 e. The van der Waals surface area contributed by atoms with Gasteiger partial charge in [-0.2, -0.15) is 4.98 Å². The van der Waals surface area contributed by atoms with Crippen molar-refractivity contribution in [1.29, 1.82) is 0 Å². The fourth-order valence-electron chi connectivity index (χ4n) is 8.11. The van der Waals surface area contributed by atoms with Crippen LogP contribution in [0.25, 0.3) is 21.8 Å². The molecule has 3 aliphatic heterocycles. The number of rotatable bonds is 8. The first kappa shape index (κ1) is 57.0. The number of ether oxygens (including phenoxy) is 3. The molecular weight excluding hydrogens is 965 g/mol. The number of likely N-dealkylation sites (tertiary alicyclic amines) is 1. The minimum absolute atomic E-state index is 0.0722. The molecule has 3 saturated heterocycles. The van der Waals surface area contributed by atoms with Crippen LogP contribution in [0.5, 0.6) is 0 Å². The highest BCUT2D eigenvalue weighted by Gasteiger charge is 2.31. The van der Waals surface area contributed by atoms with E-state index in [1.54, 1.807) is 56.5 Å². The van der Waals surface area contributed by atoms with Crippen LogP contribution in [0.3, 0.4) is 0 Å². The van der Waals surface area contributed by atoms with Crippen LogP contribution in [0.4, 0.5) is 22.5 Å². The van der Waals surface area contributed by atoms with Crippen molar-refractivity contribution in [3.05, 3.63) is 119 Å². The number of fused-ring (bicyclic) bond motifs is 2. The molecular formula is C62H62N10O5. The fraction of sp³-hybridized carbons (Fsp3) is 0.339. The first-order valence-corrected chi connectivity index (χ1v) is 25.2. The normalized spacial score (nSPS) is 16.0. The van der Waals surface area contributed by atoms with Crippen LogP contribution >= 0.6 is 0 Å². The number of morpholine rings is 2. The van der Waals surface area contributed by atoms with Crippen molar-refractivity contribution in [3.63, 3.8) is 0 Å². The number of amides is 1. The number of aromatic amines is 1. The largest absolute Gasteiger partial charge is 0.444 e. The zero-order chi connectivity index (χ0) is 54.7. The second-order valence-electron chi connectivity index (χ2n) is 18.4. The van der Waals surface area contributed by atoms with Gasteiger partial charge in [0.1, 0.15) is 11.4 Å². The highest BCUT2D eigenvalue weighted by Crippen LogP contribution is 2.27. The molecule has 1 amide bonds. The molecule has 0 aliphatic carbocycles. The van der Waals surface area contributed by atoms with E-state index in [0.29, 0.717) is 62.2 Å². The second-order valence-corrected chi connectivity index (χ2v) is 18.4. The molecule has 3 atom stereocenters. The number of terminal acetylenes is 1. The number of carbonyl (C=O) groups excluding carboxylic acids is 1. The Kier molecular flexibility index (Phi) is 22.4. The molecule has 6 aromatic rings. The summed E-state index contributed by atoms with van der Waals surface area (Å²) in [6, 6.07) is 24.4. The van der Waals surface area contributed by atoms with Crippen molar-refractivity contribution >= 4 is 45.6 Å². The maximum Gasteiger partial charge on any atom is 0.410 e. The summed E-state index contributed by atoms with van der Waals surface area (Å²) in [6.07, 6.45) is 14.0. The maximum atomic E-state index is 12.5. The van der Waals surface area contributed by atoms with Crippen LogP contribution in [0.1, 0.15) is 59.1 Å². The van der Waals surface area contributed by atoms with Gasteiger partial charge in [-0.05, 0) is 130 Å². The summed E-state index contributed by atoms with van der Waals surface area (Å²) in [4.78, 5) is 56.3. The highest BCUT2D eigenvalue weighted by molar-refractivity contribution is 5.89. The average molecular weight is 1030 g/mol. The third-order valence-corrected chi connectivity index (χ3v) is 11.5. The van der Waals surface area contributed by atoms with E-state index in [1.807, 2.05) is 51.1 Å². The lowest BCUT2D eigenvalue weighted by Crippen LogP contribution is -2.44. The molecule has 9 rings (SSSR count). The van der Waals surface area contributed by atoms with E-state index in [-0.39, 0.29) is 29.9 Å². The number of anilines is 3. The minimum atomic E-state index is -0.510. The van der Waals surface area contributed by atoms with Crippen LogP contribution in [-0.4, -0.2) is 117 Å². The predicted octanol–water partition coefficient (Wildman–Crippen LogP) is 7.35. The summed E-state index contributed by atoms with van der Waals surface area (Å²) < 4.78 is 17.5. The molecule has 0 saturated carbocycles. The topological polar surface area (TPSA) is 164 Å². The lowest BCUT2D eigenvalue weighted by Gasteiger charge is -2.33. The molecule has 15 heteroatoms. The van der Waals surface area contributed by atoms with E-state index in [4.69, 9.17) is 30.6 Å². The highest BCUT2D eigenvalue weighted by atomic mass is 16.6. The van der Waals surface area contributed by atoms with Gasteiger partial charge in [0.25, 0.3) is 5.56 Å². The van der Waals surface area contributed by atoms with Crippen molar-refractivity contribution in [2.75, 3.05) is 67.6 Å². The molecule has 390 valence electrons. The Bertz CT molecular complexity index is 3410. The molecule has 2 aromatic carbocycles. The fourth-order valence-corrected chi connectivity index (χ4v) is 8.11. The van der Waals surface area contributed by atoms with Gasteiger partial charge in [0, 0.05) is 75.9 Å².